The Balaban J connectivity index is 2.32. The summed E-state index contributed by atoms with van der Waals surface area (Å²) in [7, 11) is 0. The van der Waals surface area contributed by atoms with Crippen LogP contribution in [0, 0.1) is 11.8 Å². The minimum absolute atomic E-state index is 0.0583. The smallest absolute Gasteiger partial charge is 0.300 e. The van der Waals surface area contributed by atoms with E-state index < -0.39 is 18.9 Å². The fraction of sp³-hybridized carbons (Fsp3) is 0.333. The van der Waals surface area contributed by atoms with E-state index in [0.717, 1.165) is 5.56 Å². The van der Waals surface area contributed by atoms with Gasteiger partial charge in [0.2, 0.25) is 0 Å². The van der Waals surface area contributed by atoms with E-state index in [9.17, 15) is 17.6 Å². The summed E-state index contributed by atoms with van der Waals surface area (Å²) in [6.07, 6.45) is -3.66. The van der Waals surface area contributed by atoms with Gasteiger partial charge in [0.1, 0.15) is 0 Å². The highest BCUT2D eigenvalue weighted by Gasteiger charge is 2.39. The minimum atomic E-state index is -4.01. The van der Waals surface area contributed by atoms with E-state index in [1.807, 2.05) is 6.07 Å². The molecule has 0 bridgehead atoms. The van der Waals surface area contributed by atoms with Crippen LogP contribution in [0.5, 0.6) is 0 Å². The third-order valence-electron chi connectivity index (χ3n) is 1.90. The number of hydrogen-bond acceptors (Lipinski definition) is 1. The molecule has 1 nitrogen and oxygen atoms in total. The van der Waals surface area contributed by atoms with Crippen molar-refractivity contribution in [1.29, 1.82) is 0 Å². The van der Waals surface area contributed by atoms with E-state index >= 15 is 0 Å². The van der Waals surface area contributed by atoms with Gasteiger partial charge in [0, 0.05) is 5.56 Å². The van der Waals surface area contributed by atoms with E-state index in [1.54, 1.807) is 24.3 Å². The Morgan fingerprint density at radius 3 is 2.41 bits per heavy atom. The number of alkyl halides is 4. The lowest BCUT2D eigenvalue weighted by Crippen LogP contribution is -2.38. The van der Waals surface area contributed by atoms with Crippen LogP contribution in [0.3, 0.4) is 0 Å². The molecule has 92 valence electrons. The van der Waals surface area contributed by atoms with E-state index in [1.165, 1.54) is 0 Å². The standard InChI is InChI=1S/C12H11F4N/c13-11(14)12(15,16)9-17-8-4-7-10-5-2-1-3-6-10/h1-3,5-6,11,17H,8-9H2. The van der Waals surface area contributed by atoms with E-state index in [0.29, 0.717) is 0 Å². The second-order valence-corrected chi connectivity index (χ2v) is 3.33. The Morgan fingerprint density at radius 2 is 1.82 bits per heavy atom. The maximum Gasteiger partial charge on any atom is 0.319 e. The lowest BCUT2D eigenvalue weighted by molar-refractivity contribution is -0.124. The molecule has 0 fully saturated rings. The number of hydrogen-bond donors (Lipinski definition) is 1. The molecule has 0 aliphatic carbocycles. The van der Waals surface area contributed by atoms with Crippen LogP contribution >= 0.6 is 0 Å². The molecular weight excluding hydrogens is 234 g/mol. The molecular formula is C12H11F4N. The average molecular weight is 245 g/mol. The van der Waals surface area contributed by atoms with Gasteiger partial charge in [0.25, 0.3) is 0 Å². The largest absolute Gasteiger partial charge is 0.319 e. The van der Waals surface area contributed by atoms with Crippen LogP contribution in [0.15, 0.2) is 30.3 Å². The SMILES string of the molecule is FC(F)C(F)(F)CNCC#Cc1ccccc1. The van der Waals surface area contributed by atoms with Crippen molar-refractivity contribution < 1.29 is 17.6 Å². The highest BCUT2D eigenvalue weighted by Crippen LogP contribution is 2.21. The topological polar surface area (TPSA) is 12.0 Å². The Kier molecular flexibility index (Phi) is 4.98. The molecule has 0 amide bonds. The molecule has 0 spiro atoms. The molecule has 0 aliphatic heterocycles. The van der Waals surface area contributed by atoms with Crippen LogP contribution in [-0.2, 0) is 0 Å². The van der Waals surface area contributed by atoms with Crippen molar-refractivity contribution in [3.8, 4) is 11.8 Å². The molecule has 0 radical (unpaired) electrons. The zero-order valence-electron chi connectivity index (χ0n) is 8.89. The average Bonchev–Trinajstić information content (AvgIpc) is 2.29. The minimum Gasteiger partial charge on any atom is -0.300 e. The van der Waals surface area contributed by atoms with Gasteiger partial charge in [-0.1, -0.05) is 30.0 Å². The quantitative estimate of drug-likeness (QED) is 0.488. The molecule has 0 unspecified atom stereocenters. The van der Waals surface area contributed by atoms with E-state index in [2.05, 4.69) is 17.2 Å². The van der Waals surface area contributed by atoms with Crippen molar-refractivity contribution in [3.63, 3.8) is 0 Å². The van der Waals surface area contributed by atoms with Gasteiger partial charge in [-0.25, -0.2) is 8.78 Å². The molecule has 0 atom stereocenters. The maximum atomic E-state index is 12.4. The monoisotopic (exact) mass is 245 g/mol. The van der Waals surface area contributed by atoms with Gasteiger partial charge in [-0.15, -0.1) is 0 Å². The summed E-state index contributed by atoms with van der Waals surface area (Å²) >= 11 is 0. The molecule has 1 aromatic rings. The summed E-state index contributed by atoms with van der Waals surface area (Å²) in [4.78, 5) is 0. The zero-order chi connectivity index (χ0) is 12.7. The first kappa shape index (κ1) is 13.5. The molecule has 0 aromatic heterocycles. The Hall–Kier alpha value is -1.54. The van der Waals surface area contributed by atoms with Crippen LogP contribution in [0.2, 0.25) is 0 Å². The van der Waals surface area contributed by atoms with Crippen LogP contribution in [0.1, 0.15) is 5.56 Å². The molecule has 0 aliphatic rings. The Morgan fingerprint density at radius 1 is 1.18 bits per heavy atom. The fourth-order valence-corrected chi connectivity index (χ4v) is 1.04. The Bertz CT molecular complexity index is 392. The summed E-state index contributed by atoms with van der Waals surface area (Å²) in [5.74, 6) is 1.28. The molecule has 0 saturated carbocycles. The van der Waals surface area contributed by atoms with Crippen molar-refractivity contribution in [2.75, 3.05) is 13.1 Å². The summed E-state index contributed by atoms with van der Waals surface area (Å²) in [6, 6.07) is 8.94. The van der Waals surface area contributed by atoms with Crippen LogP contribution < -0.4 is 5.32 Å². The van der Waals surface area contributed by atoms with E-state index in [4.69, 9.17) is 0 Å². The maximum absolute atomic E-state index is 12.4. The van der Waals surface area contributed by atoms with Crippen LogP contribution in [0.4, 0.5) is 17.6 Å². The summed E-state index contributed by atoms with van der Waals surface area (Å²) in [6.45, 7) is -1.13. The second-order valence-electron chi connectivity index (χ2n) is 3.33. The molecule has 0 heterocycles. The number of nitrogens with one attached hydrogen (secondary N) is 1. The summed E-state index contributed by atoms with van der Waals surface area (Å²) < 4.78 is 48.4. The van der Waals surface area contributed by atoms with Gasteiger partial charge in [0.15, 0.2) is 0 Å². The predicted octanol–water partition coefficient (Wildman–Crippen LogP) is 2.53. The normalized spacial score (nSPS) is 11.1. The summed E-state index contributed by atoms with van der Waals surface area (Å²) in [5, 5.41) is 2.17. The van der Waals surface area contributed by atoms with Gasteiger partial charge in [-0.05, 0) is 12.1 Å². The highest BCUT2D eigenvalue weighted by molar-refractivity contribution is 5.33. The molecule has 1 rings (SSSR count). The fourth-order valence-electron chi connectivity index (χ4n) is 1.04. The molecule has 5 heteroatoms. The first-order valence-corrected chi connectivity index (χ1v) is 4.93. The lowest BCUT2D eigenvalue weighted by Gasteiger charge is -2.14. The Labute approximate surface area is 96.8 Å². The van der Waals surface area contributed by atoms with Gasteiger partial charge in [-0.3, -0.25) is 0 Å². The number of rotatable bonds is 4. The van der Waals surface area contributed by atoms with Crippen LogP contribution in [-0.4, -0.2) is 25.4 Å². The van der Waals surface area contributed by atoms with Crippen molar-refractivity contribution >= 4 is 0 Å². The van der Waals surface area contributed by atoms with Crippen molar-refractivity contribution in [2.24, 2.45) is 0 Å². The molecule has 17 heavy (non-hydrogen) atoms. The molecule has 1 aromatic carbocycles. The zero-order valence-corrected chi connectivity index (χ0v) is 8.89. The number of halogens is 4. The van der Waals surface area contributed by atoms with Crippen molar-refractivity contribution in [1.82, 2.24) is 5.32 Å². The van der Waals surface area contributed by atoms with E-state index in [-0.39, 0.29) is 6.54 Å². The van der Waals surface area contributed by atoms with Crippen molar-refractivity contribution in [2.45, 2.75) is 12.3 Å². The van der Waals surface area contributed by atoms with Gasteiger partial charge in [0.05, 0.1) is 13.1 Å². The second kappa shape index (κ2) is 6.26. The summed E-state index contributed by atoms with van der Waals surface area (Å²) in [5.41, 5.74) is 0.745. The number of benzene rings is 1. The van der Waals surface area contributed by atoms with Crippen molar-refractivity contribution in [3.05, 3.63) is 35.9 Å². The third kappa shape index (κ3) is 4.87. The highest BCUT2D eigenvalue weighted by atomic mass is 19.3. The molecule has 0 saturated heterocycles. The van der Waals surface area contributed by atoms with Crippen LogP contribution in [0.25, 0.3) is 0 Å². The molecule has 1 N–H and O–H groups in total. The lowest BCUT2D eigenvalue weighted by atomic mass is 10.2. The first-order chi connectivity index (χ1) is 8.02. The predicted molar refractivity (Wildman–Crippen MR) is 57.1 cm³/mol. The third-order valence-corrected chi connectivity index (χ3v) is 1.90. The van der Waals surface area contributed by atoms with Gasteiger partial charge >= 0.3 is 12.3 Å². The van der Waals surface area contributed by atoms with Gasteiger partial charge in [-0.2, -0.15) is 8.78 Å². The first-order valence-electron chi connectivity index (χ1n) is 4.93. The van der Waals surface area contributed by atoms with Gasteiger partial charge < -0.3 is 5.32 Å².